The van der Waals surface area contributed by atoms with Crippen LogP contribution in [0.25, 0.3) is 36.4 Å². The van der Waals surface area contributed by atoms with Gasteiger partial charge in [0.1, 0.15) is 46.4 Å². The van der Waals surface area contributed by atoms with Gasteiger partial charge in [-0.15, -0.1) is 84.5 Å². The molecule has 0 saturated carbocycles. The summed E-state index contributed by atoms with van der Waals surface area (Å²) in [5.74, 6) is -4.87. The van der Waals surface area contributed by atoms with E-state index in [4.69, 9.17) is 18.9 Å². The molecule has 0 atom stereocenters. The van der Waals surface area contributed by atoms with Gasteiger partial charge in [0.2, 0.25) is 0 Å². The first-order valence-electron chi connectivity index (χ1n) is 40.1. The second-order valence-electron chi connectivity index (χ2n) is 26.5. The molecule has 700 valence electrons. The lowest BCUT2D eigenvalue weighted by molar-refractivity contribution is 0.0912. The maximum absolute atomic E-state index is 12.8. The van der Waals surface area contributed by atoms with E-state index in [-0.39, 0.29) is 87.3 Å². The summed E-state index contributed by atoms with van der Waals surface area (Å²) < 4.78 is 37.4. The number of anilines is 7. The molecular weight excluding hydrogens is 1920 g/mol. The highest BCUT2D eigenvalue weighted by Gasteiger charge is 2.29. The average Bonchev–Trinajstić information content (AvgIpc) is 1.66. The van der Waals surface area contributed by atoms with Gasteiger partial charge in [-0.2, -0.15) is 10.2 Å². The molecule has 16 rings (SSSR count). The standard InChI is InChI=1S/2C19H19N5O5S2.C16H14N4O4S2.C15H13N5O4S.C13H12N4O4S/c1-2-29-19(27)23-15(25)11-4-10-30-17(11)22-16(26)18-21-13-12(31-18)3-5-20-14(13)24-6-8-28-9-7-24;1-2-29-19(27)23-14(25)11-4-10-30-16(11)22-15(26)18-21-13-12(3-5-20-17(13)31-18)24-6-8-28-9-7-24;1-3-24-16(23)20-12(21)9-5-7-25-14(9)19-13(22)15-18-11-8(2)17-6-4-10(11)26-15;1-2-24-15(23)18-12(21)9-4-7-25-14(9)17-13(22)10-8-11-16-5-3-6-20(11)19-10;1-2-21-13(20)16-10(18)8-5-7-22-12(8)15-11(19)9-4-3-6-14-17-9/h2*3-5,10H,2,6-9H2,1H3,(H,22,26)(H,23,25,27);4-7H,3H2,1-2H3,(H,19,22)(H,20,21,23);3-8H,2H2,1H3,(H,17,22)(H,18,21,23);3-7H,2H2,1H3,(H,15,19)(H,16,18,20). The van der Waals surface area contributed by atoms with Crippen molar-refractivity contribution in [2.45, 2.75) is 41.5 Å². The molecule has 45 nitrogen and oxygen atoms in total. The molecular formula is C82H77N23O22S8. The molecule has 14 aromatic rings. The first-order chi connectivity index (χ1) is 65.3. The summed E-state index contributed by atoms with van der Waals surface area (Å²) in [5.41, 5.74) is 5.28. The van der Waals surface area contributed by atoms with Crippen LogP contribution in [0.2, 0.25) is 0 Å². The van der Waals surface area contributed by atoms with E-state index in [1.807, 2.05) is 19.1 Å². The normalized spacial score (nSPS) is 11.9. The molecule has 0 unspecified atom stereocenters. The van der Waals surface area contributed by atoms with Gasteiger partial charge in [-0.25, -0.2) is 58.4 Å². The fraction of sp³-hybridized carbons (Fsp3) is 0.232. The van der Waals surface area contributed by atoms with E-state index in [1.54, 1.807) is 111 Å². The van der Waals surface area contributed by atoms with E-state index in [0.717, 1.165) is 62.4 Å². The SMILES string of the molecule is CCOC(=O)NC(=O)c1ccsc1NC(=O)c1cc2ncccn2n1.CCOC(=O)NC(=O)c1ccsc1NC(=O)c1cccnn1.CCOC(=O)NC(=O)c1ccsc1NC(=O)c1nc2c(C)nccc2s1.CCOC(=O)NC(=O)c1ccsc1NC(=O)c1nc2c(N3CCOCC3)ccnc2s1.CCOC(=O)NC(=O)c1ccsc1NC(=O)c1nc2c(N3CCOCC3)nccc2s1. The zero-order valence-electron chi connectivity index (χ0n) is 71.5. The Hall–Kier alpha value is -15.1. The lowest BCUT2D eigenvalue weighted by Crippen LogP contribution is -2.36. The van der Waals surface area contributed by atoms with Crippen molar-refractivity contribution in [2.24, 2.45) is 0 Å². The summed E-state index contributed by atoms with van der Waals surface area (Å²) in [6.07, 6.45) is 5.55. The van der Waals surface area contributed by atoms with Crippen LogP contribution in [0.1, 0.15) is 142 Å². The second-order valence-corrected chi connectivity index (χ2v) is 34.1. The Kier molecular flexibility index (Phi) is 35.4. The zero-order chi connectivity index (χ0) is 96.0. The summed E-state index contributed by atoms with van der Waals surface area (Å²) in [7, 11) is 0. The predicted octanol–water partition coefficient (Wildman–Crippen LogP) is 12.3. The minimum Gasteiger partial charge on any atom is -0.450 e. The van der Waals surface area contributed by atoms with Crippen LogP contribution in [0.15, 0.2) is 137 Å². The number of imide groups is 5. The van der Waals surface area contributed by atoms with Crippen molar-refractivity contribution in [3.63, 3.8) is 0 Å². The molecule has 0 spiro atoms. The van der Waals surface area contributed by atoms with Crippen molar-refractivity contribution in [2.75, 3.05) is 122 Å². The molecule has 16 heterocycles. The van der Waals surface area contributed by atoms with Crippen LogP contribution >= 0.6 is 90.7 Å². The molecule has 2 aliphatic heterocycles. The molecule has 0 aliphatic carbocycles. The van der Waals surface area contributed by atoms with E-state index >= 15 is 0 Å². The number of nitrogens with one attached hydrogen (secondary N) is 10. The number of aryl methyl sites for hydroxylation is 1. The molecule has 10 N–H and O–H groups in total. The van der Waals surface area contributed by atoms with Crippen LogP contribution in [-0.4, -0.2) is 230 Å². The predicted molar refractivity (Wildman–Crippen MR) is 502 cm³/mol. The number of alkyl carbamates (subject to hydrolysis) is 5. The van der Waals surface area contributed by atoms with Gasteiger partial charge < -0.3 is 69.5 Å². The van der Waals surface area contributed by atoms with Gasteiger partial charge in [0, 0.05) is 69.4 Å². The number of carbonyl (C=O) groups is 15. The van der Waals surface area contributed by atoms with Crippen LogP contribution in [0, 0.1) is 6.92 Å². The minimum absolute atomic E-state index is 0.118. The molecule has 2 fully saturated rings. The Balaban J connectivity index is 0.000000153. The number of hydrogen-bond acceptors (Lipinski definition) is 42. The maximum Gasteiger partial charge on any atom is 0.414 e. The third kappa shape index (κ3) is 26.6. The Labute approximate surface area is 794 Å². The Morgan fingerprint density at radius 1 is 0.378 bits per heavy atom. The minimum atomic E-state index is -0.845. The maximum atomic E-state index is 12.8. The zero-order valence-corrected chi connectivity index (χ0v) is 78.1. The number of nitrogens with zero attached hydrogens (tertiary/aromatic N) is 13. The third-order valence-corrected chi connectivity index (χ3v) is 24.9. The molecule has 15 amide bonds. The third-order valence-electron chi connectivity index (χ3n) is 17.7. The van der Waals surface area contributed by atoms with Gasteiger partial charge in [0.15, 0.2) is 37.9 Å². The van der Waals surface area contributed by atoms with Gasteiger partial charge in [-0.1, -0.05) is 11.3 Å². The van der Waals surface area contributed by atoms with E-state index in [1.165, 1.54) is 121 Å². The van der Waals surface area contributed by atoms with Crippen molar-refractivity contribution in [1.29, 1.82) is 0 Å². The van der Waals surface area contributed by atoms with Gasteiger partial charge in [0.25, 0.3) is 59.1 Å². The Morgan fingerprint density at radius 3 is 1.16 bits per heavy atom. The van der Waals surface area contributed by atoms with E-state index in [0.29, 0.717) is 91.6 Å². The van der Waals surface area contributed by atoms with Gasteiger partial charge >= 0.3 is 30.5 Å². The number of carbonyl (C=O) groups excluding carboxylic acids is 15. The number of thiophene rings is 5. The smallest absolute Gasteiger partial charge is 0.414 e. The summed E-state index contributed by atoms with van der Waals surface area (Å²) in [6, 6.07) is 19.3. The Bertz CT molecular complexity index is 6480. The quantitative estimate of drug-likeness (QED) is 0.0282. The van der Waals surface area contributed by atoms with Crippen LogP contribution in [0.4, 0.5) is 60.5 Å². The number of aromatic nitrogens is 11. The Morgan fingerprint density at radius 2 is 0.756 bits per heavy atom. The van der Waals surface area contributed by atoms with E-state index < -0.39 is 89.5 Å². The highest BCUT2D eigenvalue weighted by atomic mass is 32.1. The van der Waals surface area contributed by atoms with Gasteiger partial charge in [-0.05, 0) is 135 Å². The number of thiazole rings is 3. The molecule has 2 saturated heterocycles. The lowest BCUT2D eigenvalue weighted by Gasteiger charge is -2.28. The summed E-state index contributed by atoms with van der Waals surface area (Å²) in [4.78, 5) is 215. The number of hydrogen-bond donors (Lipinski definition) is 10. The van der Waals surface area contributed by atoms with Crippen molar-refractivity contribution in [1.82, 2.24) is 81.3 Å². The number of rotatable bonds is 22. The van der Waals surface area contributed by atoms with Crippen LogP contribution in [0.5, 0.6) is 0 Å². The summed E-state index contributed by atoms with van der Waals surface area (Å²) in [6.45, 7) is 16.1. The molecule has 135 heavy (non-hydrogen) atoms. The van der Waals surface area contributed by atoms with E-state index in [9.17, 15) is 71.9 Å². The first-order valence-corrected chi connectivity index (χ1v) is 47.0. The van der Waals surface area contributed by atoms with Crippen LogP contribution < -0.4 is 63.0 Å². The topological polar surface area (TPSA) is 581 Å². The van der Waals surface area contributed by atoms with Crippen LogP contribution in [-0.2, 0) is 33.2 Å². The fourth-order valence-corrected chi connectivity index (χ4v) is 18.2. The van der Waals surface area contributed by atoms with Crippen molar-refractivity contribution in [3.8, 4) is 0 Å². The van der Waals surface area contributed by atoms with Crippen molar-refractivity contribution >= 4 is 253 Å². The van der Waals surface area contributed by atoms with E-state index in [2.05, 4.69) is 127 Å². The van der Waals surface area contributed by atoms with Crippen LogP contribution in [0.3, 0.4) is 0 Å². The highest BCUT2D eigenvalue weighted by molar-refractivity contribution is 7.22. The monoisotopic (exact) mass is 1990 g/mol. The molecule has 0 bridgehead atoms. The van der Waals surface area contributed by atoms with Crippen molar-refractivity contribution in [3.05, 3.63) is 197 Å². The first kappa shape index (κ1) is 98.9. The number of fused-ring (bicyclic) bond motifs is 4. The lowest BCUT2D eigenvalue weighted by atomic mass is 10.3. The summed E-state index contributed by atoms with van der Waals surface area (Å²) >= 11 is 9.47. The second kappa shape index (κ2) is 48.3. The molecule has 2 aliphatic rings. The van der Waals surface area contributed by atoms with Gasteiger partial charge in [0.05, 0.1) is 108 Å². The molecule has 0 radical (unpaired) electrons. The number of ether oxygens (including phenoxy) is 7. The highest BCUT2D eigenvalue weighted by Crippen LogP contribution is 2.35. The number of morpholine rings is 2. The number of pyridine rings is 3. The largest absolute Gasteiger partial charge is 0.450 e. The number of amides is 15. The molecule has 0 aromatic carbocycles. The fourth-order valence-electron chi connectivity index (χ4n) is 11.7. The molecule has 14 aromatic heterocycles. The average molecular weight is 1990 g/mol. The summed E-state index contributed by atoms with van der Waals surface area (Å²) in [5, 5.41) is 45.6. The van der Waals surface area contributed by atoms with Gasteiger partial charge in [-0.3, -0.25) is 79.5 Å². The molecule has 53 heteroatoms. The van der Waals surface area contributed by atoms with Crippen molar-refractivity contribution < 1.29 is 105 Å².